The molecule has 1 aromatic carbocycles. The number of rotatable bonds is 1. The van der Waals surface area contributed by atoms with Crippen molar-refractivity contribution in [3.05, 3.63) is 29.3 Å². The van der Waals surface area contributed by atoms with E-state index in [0.29, 0.717) is 6.04 Å². The minimum absolute atomic E-state index is 0.544. The predicted molar refractivity (Wildman–Crippen MR) is 55.6 cm³/mol. The van der Waals surface area contributed by atoms with Crippen LogP contribution >= 0.6 is 0 Å². The van der Waals surface area contributed by atoms with Crippen molar-refractivity contribution in [3.63, 3.8) is 0 Å². The third-order valence-electron chi connectivity index (χ3n) is 3.16. The van der Waals surface area contributed by atoms with Crippen LogP contribution in [0.1, 0.15) is 30.0 Å². The first-order valence-electron chi connectivity index (χ1n) is 5.43. The topological polar surface area (TPSA) is 21.3 Å². The van der Waals surface area contributed by atoms with Gasteiger partial charge in [0.2, 0.25) is 0 Å². The van der Waals surface area contributed by atoms with Crippen LogP contribution in [0.25, 0.3) is 0 Å². The summed E-state index contributed by atoms with van der Waals surface area (Å²) in [5.74, 6) is 1.16. The molecule has 0 spiro atoms. The van der Waals surface area contributed by atoms with Gasteiger partial charge in [-0.1, -0.05) is 18.2 Å². The van der Waals surface area contributed by atoms with Gasteiger partial charge in [0.05, 0.1) is 6.61 Å². The standard InChI is InChI=1S/C12H15NO/c1-3-9-4-2-8-14-12(9)10(5-1)11-6-7-13-11/h1,3,5,11,13H,2,4,6-8H2. The van der Waals surface area contributed by atoms with Gasteiger partial charge in [-0.2, -0.15) is 0 Å². The molecule has 0 aliphatic carbocycles. The molecule has 2 heterocycles. The zero-order valence-corrected chi connectivity index (χ0v) is 8.25. The molecule has 0 aromatic heterocycles. The van der Waals surface area contributed by atoms with Gasteiger partial charge < -0.3 is 10.1 Å². The molecule has 1 atom stereocenters. The van der Waals surface area contributed by atoms with Crippen LogP contribution in [-0.2, 0) is 6.42 Å². The number of hydrogen-bond donors (Lipinski definition) is 1. The lowest BCUT2D eigenvalue weighted by molar-refractivity contribution is 0.274. The lowest BCUT2D eigenvalue weighted by Gasteiger charge is -2.31. The van der Waals surface area contributed by atoms with E-state index in [2.05, 4.69) is 23.5 Å². The molecule has 1 saturated heterocycles. The zero-order valence-electron chi connectivity index (χ0n) is 8.25. The van der Waals surface area contributed by atoms with Crippen LogP contribution in [0.2, 0.25) is 0 Å². The maximum atomic E-state index is 5.77. The second-order valence-corrected chi connectivity index (χ2v) is 4.08. The summed E-state index contributed by atoms with van der Waals surface area (Å²) in [6.07, 6.45) is 3.59. The smallest absolute Gasteiger partial charge is 0.127 e. The SMILES string of the molecule is c1cc2c(c(C3CCN3)c1)OCCC2. The third kappa shape index (κ3) is 1.22. The normalized spacial score (nSPS) is 24.7. The Bertz CT molecular complexity index is 344. The highest BCUT2D eigenvalue weighted by molar-refractivity contribution is 5.45. The molecule has 0 radical (unpaired) electrons. The summed E-state index contributed by atoms with van der Waals surface area (Å²) in [5, 5.41) is 3.43. The van der Waals surface area contributed by atoms with E-state index in [9.17, 15) is 0 Å². The maximum absolute atomic E-state index is 5.77. The fourth-order valence-electron chi connectivity index (χ4n) is 2.24. The zero-order chi connectivity index (χ0) is 9.38. The number of hydrogen-bond acceptors (Lipinski definition) is 2. The minimum Gasteiger partial charge on any atom is -0.493 e. The molecule has 3 rings (SSSR count). The lowest BCUT2D eigenvalue weighted by atomic mass is 9.93. The molecule has 1 fully saturated rings. The average Bonchev–Trinajstić information content (AvgIpc) is 2.16. The van der Waals surface area contributed by atoms with Gasteiger partial charge in [0.15, 0.2) is 0 Å². The molecule has 2 nitrogen and oxygen atoms in total. The molecule has 74 valence electrons. The van der Waals surface area contributed by atoms with Crippen molar-refractivity contribution in [1.82, 2.24) is 5.32 Å². The van der Waals surface area contributed by atoms with Crippen LogP contribution in [0, 0.1) is 0 Å². The Morgan fingerprint density at radius 3 is 3.07 bits per heavy atom. The Kier molecular flexibility index (Phi) is 1.95. The van der Waals surface area contributed by atoms with E-state index >= 15 is 0 Å². The van der Waals surface area contributed by atoms with Crippen molar-refractivity contribution in [3.8, 4) is 5.75 Å². The van der Waals surface area contributed by atoms with E-state index in [1.807, 2.05) is 0 Å². The van der Waals surface area contributed by atoms with Crippen molar-refractivity contribution < 1.29 is 4.74 Å². The molecule has 0 amide bonds. The number of ether oxygens (including phenoxy) is 1. The molecule has 2 aliphatic heterocycles. The molecule has 2 aliphatic rings. The van der Waals surface area contributed by atoms with Gasteiger partial charge in [-0.05, 0) is 31.4 Å². The summed E-state index contributed by atoms with van der Waals surface area (Å²) in [4.78, 5) is 0. The predicted octanol–water partition coefficient (Wildman–Crippen LogP) is 2.05. The molecule has 0 bridgehead atoms. The molecule has 2 heteroatoms. The Labute approximate surface area is 84.3 Å². The first kappa shape index (κ1) is 8.30. The Hall–Kier alpha value is -1.02. The largest absolute Gasteiger partial charge is 0.493 e. The van der Waals surface area contributed by atoms with Crippen molar-refractivity contribution in [1.29, 1.82) is 0 Å². The summed E-state index contributed by atoms with van der Waals surface area (Å²) in [6.45, 7) is 2.03. The summed E-state index contributed by atoms with van der Waals surface area (Å²) >= 11 is 0. The minimum atomic E-state index is 0.544. The molecule has 1 unspecified atom stereocenters. The summed E-state index contributed by atoms with van der Waals surface area (Å²) in [6, 6.07) is 7.09. The van der Waals surface area contributed by atoms with Crippen molar-refractivity contribution in [2.24, 2.45) is 0 Å². The molecule has 1 aromatic rings. The quantitative estimate of drug-likeness (QED) is 0.730. The number of para-hydroxylation sites is 1. The van der Waals surface area contributed by atoms with Crippen molar-refractivity contribution in [2.75, 3.05) is 13.2 Å². The summed E-state index contributed by atoms with van der Waals surface area (Å²) in [7, 11) is 0. The number of aryl methyl sites for hydroxylation is 1. The Morgan fingerprint density at radius 2 is 2.29 bits per heavy atom. The highest BCUT2D eigenvalue weighted by Crippen LogP contribution is 2.36. The van der Waals surface area contributed by atoms with Gasteiger partial charge in [0.1, 0.15) is 5.75 Å². The van der Waals surface area contributed by atoms with Crippen LogP contribution in [0.15, 0.2) is 18.2 Å². The fraction of sp³-hybridized carbons (Fsp3) is 0.500. The fourth-order valence-corrected chi connectivity index (χ4v) is 2.24. The maximum Gasteiger partial charge on any atom is 0.127 e. The van der Waals surface area contributed by atoms with E-state index < -0.39 is 0 Å². The molecular weight excluding hydrogens is 174 g/mol. The van der Waals surface area contributed by atoms with Crippen LogP contribution in [0.5, 0.6) is 5.75 Å². The summed E-state index contributed by atoms with van der Waals surface area (Å²) in [5.41, 5.74) is 2.76. The van der Waals surface area contributed by atoms with Crippen LogP contribution < -0.4 is 10.1 Å². The van der Waals surface area contributed by atoms with E-state index in [-0.39, 0.29) is 0 Å². The second-order valence-electron chi connectivity index (χ2n) is 4.08. The van der Waals surface area contributed by atoms with Crippen LogP contribution in [-0.4, -0.2) is 13.2 Å². The molecular formula is C12H15NO. The van der Waals surface area contributed by atoms with Gasteiger partial charge in [-0.15, -0.1) is 0 Å². The van der Waals surface area contributed by atoms with Gasteiger partial charge >= 0.3 is 0 Å². The van der Waals surface area contributed by atoms with E-state index in [0.717, 1.165) is 25.3 Å². The molecule has 0 saturated carbocycles. The van der Waals surface area contributed by atoms with Crippen LogP contribution in [0.4, 0.5) is 0 Å². The number of benzene rings is 1. The first-order chi connectivity index (χ1) is 6.95. The van der Waals surface area contributed by atoms with Gasteiger partial charge in [0.25, 0.3) is 0 Å². The third-order valence-corrected chi connectivity index (χ3v) is 3.16. The number of fused-ring (bicyclic) bond motifs is 1. The van der Waals surface area contributed by atoms with Gasteiger partial charge in [-0.25, -0.2) is 0 Å². The van der Waals surface area contributed by atoms with Crippen molar-refractivity contribution in [2.45, 2.75) is 25.3 Å². The molecule has 1 N–H and O–H groups in total. The van der Waals surface area contributed by atoms with E-state index in [1.54, 1.807) is 0 Å². The van der Waals surface area contributed by atoms with Crippen molar-refractivity contribution >= 4 is 0 Å². The number of nitrogens with one attached hydrogen (secondary N) is 1. The van der Waals surface area contributed by atoms with E-state index in [4.69, 9.17) is 4.74 Å². The van der Waals surface area contributed by atoms with E-state index in [1.165, 1.54) is 24.0 Å². The summed E-state index contributed by atoms with van der Waals surface area (Å²) < 4.78 is 5.77. The first-order valence-corrected chi connectivity index (χ1v) is 5.43. The lowest BCUT2D eigenvalue weighted by Crippen LogP contribution is -2.35. The Morgan fingerprint density at radius 1 is 1.36 bits per heavy atom. The van der Waals surface area contributed by atoms with Gasteiger partial charge in [0, 0.05) is 11.6 Å². The highest BCUT2D eigenvalue weighted by Gasteiger charge is 2.24. The van der Waals surface area contributed by atoms with Crippen LogP contribution in [0.3, 0.4) is 0 Å². The van der Waals surface area contributed by atoms with Gasteiger partial charge in [-0.3, -0.25) is 0 Å². The highest BCUT2D eigenvalue weighted by atomic mass is 16.5. The molecule has 14 heavy (non-hydrogen) atoms. The Balaban J connectivity index is 2.01. The second kappa shape index (κ2) is 3.28. The average molecular weight is 189 g/mol. The monoisotopic (exact) mass is 189 g/mol.